The molecule has 0 aliphatic carbocycles. The number of hydrogen-bond acceptors (Lipinski definition) is 4. The number of para-hydroxylation sites is 3. The fourth-order valence-corrected chi connectivity index (χ4v) is 2.55. The van der Waals surface area contributed by atoms with Gasteiger partial charge >= 0.3 is 0 Å². The first kappa shape index (κ1) is 16.8. The van der Waals surface area contributed by atoms with E-state index >= 15 is 0 Å². The molecule has 3 aromatic rings. The average Bonchev–Trinajstić information content (AvgIpc) is 2.66. The molecule has 0 bridgehead atoms. The molecule has 128 valence electrons. The smallest absolute Gasteiger partial charge is 0.260 e. The van der Waals surface area contributed by atoms with E-state index in [4.69, 9.17) is 9.47 Å². The van der Waals surface area contributed by atoms with Crippen molar-refractivity contribution in [1.29, 1.82) is 0 Å². The standard InChI is InChI=1S/C20H20N2O3/c1-22(13-15-11-16-7-3-4-8-17(16)21-12-15)20(23)14-25-19-10-6-5-9-18(19)24-2/h3-12H,13-14H2,1-2H3. The van der Waals surface area contributed by atoms with Crippen LogP contribution in [0.15, 0.2) is 60.8 Å². The number of carbonyl (C=O) groups excluding carboxylic acids is 1. The van der Waals surface area contributed by atoms with E-state index in [2.05, 4.69) is 4.98 Å². The molecular weight excluding hydrogens is 316 g/mol. The van der Waals surface area contributed by atoms with Crippen LogP contribution < -0.4 is 9.47 Å². The SMILES string of the molecule is COc1ccccc1OCC(=O)N(C)Cc1cnc2ccccc2c1. The molecule has 0 aliphatic heterocycles. The van der Waals surface area contributed by atoms with Crippen LogP contribution in [0.3, 0.4) is 0 Å². The Kier molecular flexibility index (Phi) is 5.14. The lowest BCUT2D eigenvalue weighted by atomic mass is 10.1. The van der Waals surface area contributed by atoms with Crippen molar-refractivity contribution in [2.75, 3.05) is 20.8 Å². The van der Waals surface area contributed by atoms with Crippen LogP contribution in [-0.2, 0) is 11.3 Å². The zero-order valence-electron chi connectivity index (χ0n) is 14.3. The van der Waals surface area contributed by atoms with Gasteiger partial charge in [-0.3, -0.25) is 9.78 Å². The van der Waals surface area contributed by atoms with Crippen molar-refractivity contribution >= 4 is 16.8 Å². The molecule has 0 fully saturated rings. The van der Waals surface area contributed by atoms with Gasteiger partial charge in [0, 0.05) is 25.2 Å². The maximum absolute atomic E-state index is 12.3. The van der Waals surface area contributed by atoms with Crippen LogP contribution in [0.25, 0.3) is 10.9 Å². The summed E-state index contributed by atoms with van der Waals surface area (Å²) in [7, 11) is 3.33. The Bertz CT molecular complexity index is 879. The van der Waals surface area contributed by atoms with Crippen molar-refractivity contribution in [3.8, 4) is 11.5 Å². The number of carbonyl (C=O) groups is 1. The van der Waals surface area contributed by atoms with Crippen LogP contribution in [0.5, 0.6) is 11.5 Å². The number of pyridine rings is 1. The van der Waals surface area contributed by atoms with E-state index in [-0.39, 0.29) is 12.5 Å². The van der Waals surface area contributed by atoms with Gasteiger partial charge in [0.15, 0.2) is 18.1 Å². The molecule has 1 amide bonds. The zero-order valence-corrected chi connectivity index (χ0v) is 14.3. The topological polar surface area (TPSA) is 51.7 Å². The molecular formula is C20H20N2O3. The van der Waals surface area contributed by atoms with E-state index < -0.39 is 0 Å². The predicted octanol–water partition coefficient (Wildman–Crippen LogP) is 3.28. The maximum Gasteiger partial charge on any atom is 0.260 e. The quantitative estimate of drug-likeness (QED) is 0.693. The van der Waals surface area contributed by atoms with Crippen LogP contribution in [0, 0.1) is 0 Å². The van der Waals surface area contributed by atoms with Crippen molar-refractivity contribution < 1.29 is 14.3 Å². The number of likely N-dealkylation sites (N-methyl/N-ethyl adjacent to an activating group) is 1. The van der Waals surface area contributed by atoms with Gasteiger partial charge in [0.1, 0.15) is 0 Å². The summed E-state index contributed by atoms with van der Waals surface area (Å²) in [5.74, 6) is 1.05. The minimum absolute atomic E-state index is 0.0438. The lowest BCUT2D eigenvalue weighted by Crippen LogP contribution is -2.31. The number of fused-ring (bicyclic) bond motifs is 1. The van der Waals surface area contributed by atoms with Crippen molar-refractivity contribution in [3.63, 3.8) is 0 Å². The summed E-state index contributed by atoms with van der Waals surface area (Å²) in [6.45, 7) is 0.434. The Morgan fingerprint density at radius 3 is 2.60 bits per heavy atom. The van der Waals surface area contributed by atoms with Crippen LogP contribution in [0.1, 0.15) is 5.56 Å². The zero-order chi connectivity index (χ0) is 17.6. The summed E-state index contributed by atoms with van der Waals surface area (Å²) in [6, 6.07) is 17.2. The van der Waals surface area contributed by atoms with Crippen molar-refractivity contribution in [2.45, 2.75) is 6.54 Å². The highest BCUT2D eigenvalue weighted by atomic mass is 16.5. The van der Waals surface area contributed by atoms with Gasteiger partial charge in [0.25, 0.3) is 5.91 Å². The third-order valence-corrected chi connectivity index (χ3v) is 3.91. The van der Waals surface area contributed by atoms with E-state index in [0.717, 1.165) is 16.5 Å². The fraction of sp³-hybridized carbons (Fsp3) is 0.200. The van der Waals surface area contributed by atoms with Gasteiger partial charge in [-0.1, -0.05) is 30.3 Å². The monoisotopic (exact) mass is 336 g/mol. The summed E-state index contributed by atoms with van der Waals surface area (Å²) in [5.41, 5.74) is 1.92. The van der Waals surface area contributed by atoms with Gasteiger partial charge in [0.2, 0.25) is 0 Å². The average molecular weight is 336 g/mol. The number of hydrogen-bond donors (Lipinski definition) is 0. The molecule has 0 unspecified atom stereocenters. The molecule has 5 nitrogen and oxygen atoms in total. The normalized spacial score (nSPS) is 10.5. The molecule has 0 saturated carbocycles. The van der Waals surface area contributed by atoms with E-state index in [1.165, 1.54) is 0 Å². The van der Waals surface area contributed by atoms with Crippen molar-refractivity contribution in [2.24, 2.45) is 0 Å². The third-order valence-electron chi connectivity index (χ3n) is 3.91. The molecule has 0 aliphatic rings. The first-order valence-corrected chi connectivity index (χ1v) is 8.01. The second kappa shape index (κ2) is 7.66. The number of amides is 1. The van der Waals surface area contributed by atoms with Gasteiger partial charge < -0.3 is 14.4 Å². The molecule has 1 heterocycles. The summed E-state index contributed by atoms with van der Waals surface area (Å²) >= 11 is 0. The minimum Gasteiger partial charge on any atom is -0.493 e. The molecule has 0 saturated heterocycles. The highest BCUT2D eigenvalue weighted by molar-refractivity contribution is 5.79. The second-order valence-electron chi connectivity index (χ2n) is 5.73. The van der Waals surface area contributed by atoms with Crippen LogP contribution >= 0.6 is 0 Å². The van der Waals surface area contributed by atoms with Crippen molar-refractivity contribution in [1.82, 2.24) is 9.88 Å². The summed E-state index contributed by atoms with van der Waals surface area (Å²) in [5, 5.41) is 1.06. The molecule has 1 aromatic heterocycles. The summed E-state index contributed by atoms with van der Waals surface area (Å²) in [6.07, 6.45) is 1.80. The largest absolute Gasteiger partial charge is 0.493 e. The molecule has 3 rings (SSSR count). The van der Waals surface area contributed by atoms with E-state index in [1.54, 1.807) is 37.4 Å². The number of nitrogens with zero attached hydrogens (tertiary/aromatic N) is 2. The Balaban J connectivity index is 1.61. The van der Waals surface area contributed by atoms with E-state index in [9.17, 15) is 4.79 Å². The van der Waals surface area contributed by atoms with Gasteiger partial charge in [-0.05, 0) is 29.8 Å². The van der Waals surface area contributed by atoms with E-state index in [1.807, 2.05) is 42.5 Å². The maximum atomic E-state index is 12.3. The molecule has 0 N–H and O–H groups in total. The number of ether oxygens (including phenoxy) is 2. The number of rotatable bonds is 6. The number of benzene rings is 2. The molecule has 0 radical (unpaired) electrons. The Morgan fingerprint density at radius 2 is 1.80 bits per heavy atom. The fourth-order valence-electron chi connectivity index (χ4n) is 2.55. The lowest BCUT2D eigenvalue weighted by molar-refractivity contribution is -0.132. The second-order valence-corrected chi connectivity index (χ2v) is 5.73. The lowest BCUT2D eigenvalue weighted by Gasteiger charge is -2.18. The highest BCUT2D eigenvalue weighted by Gasteiger charge is 2.12. The Hall–Kier alpha value is -3.08. The third kappa shape index (κ3) is 4.07. The van der Waals surface area contributed by atoms with Crippen LogP contribution in [0.4, 0.5) is 0 Å². The molecule has 2 aromatic carbocycles. The molecule has 0 atom stereocenters. The van der Waals surface area contributed by atoms with Crippen LogP contribution in [-0.4, -0.2) is 36.6 Å². The van der Waals surface area contributed by atoms with Crippen LogP contribution in [0.2, 0.25) is 0 Å². The first-order chi connectivity index (χ1) is 12.2. The first-order valence-electron chi connectivity index (χ1n) is 8.01. The Morgan fingerprint density at radius 1 is 1.08 bits per heavy atom. The van der Waals surface area contributed by atoms with Crippen molar-refractivity contribution in [3.05, 3.63) is 66.4 Å². The van der Waals surface area contributed by atoms with E-state index in [0.29, 0.717) is 18.0 Å². The summed E-state index contributed by atoms with van der Waals surface area (Å²) in [4.78, 5) is 18.4. The summed E-state index contributed by atoms with van der Waals surface area (Å²) < 4.78 is 10.8. The molecule has 5 heteroatoms. The minimum atomic E-state index is -0.112. The van der Waals surface area contributed by atoms with Gasteiger partial charge in [-0.25, -0.2) is 0 Å². The number of methoxy groups -OCH3 is 1. The molecule has 25 heavy (non-hydrogen) atoms. The van der Waals surface area contributed by atoms with Gasteiger partial charge in [-0.15, -0.1) is 0 Å². The molecule has 0 spiro atoms. The number of aromatic nitrogens is 1. The Labute approximate surface area is 146 Å². The van der Waals surface area contributed by atoms with Gasteiger partial charge in [0.05, 0.1) is 12.6 Å². The van der Waals surface area contributed by atoms with Gasteiger partial charge in [-0.2, -0.15) is 0 Å². The predicted molar refractivity (Wildman–Crippen MR) is 96.7 cm³/mol. The highest BCUT2D eigenvalue weighted by Crippen LogP contribution is 2.25.